The fourth-order valence-electron chi connectivity index (χ4n) is 2.60. The van der Waals surface area contributed by atoms with Crippen molar-refractivity contribution in [3.63, 3.8) is 0 Å². The van der Waals surface area contributed by atoms with Gasteiger partial charge in [-0.25, -0.2) is 4.79 Å². The molecule has 0 bridgehead atoms. The predicted molar refractivity (Wildman–Crippen MR) is 94.1 cm³/mol. The molecule has 150 valence electrons. The number of ether oxygens (including phenoxy) is 2. The summed E-state index contributed by atoms with van der Waals surface area (Å²) in [5.41, 5.74) is 0.272. The van der Waals surface area contributed by atoms with Crippen molar-refractivity contribution in [1.82, 2.24) is 5.32 Å². The van der Waals surface area contributed by atoms with E-state index in [1.54, 1.807) is 18.2 Å². The summed E-state index contributed by atoms with van der Waals surface area (Å²) in [7, 11) is 2.68. The maximum atomic E-state index is 12.1. The van der Waals surface area contributed by atoms with Crippen molar-refractivity contribution in [2.75, 3.05) is 14.2 Å². The van der Waals surface area contributed by atoms with E-state index in [0.29, 0.717) is 0 Å². The molecule has 0 aromatic heterocycles. The van der Waals surface area contributed by atoms with Gasteiger partial charge in [0.15, 0.2) is 6.29 Å². The van der Waals surface area contributed by atoms with Gasteiger partial charge in [-0.2, -0.15) is 0 Å². The van der Waals surface area contributed by atoms with Gasteiger partial charge >= 0.3 is 11.9 Å². The number of hydrogen-bond acceptors (Lipinski definition) is 6. The molecule has 0 aliphatic carbocycles. The standard InChI is InChI=1S/C18H25NO8/c1-26-18(27-2)14(20)9-8-12(16(22)23)10-13(17(24)25)19-15(21)11-6-4-3-5-7-11/h3-7,12-14,18,20H,8-10H2,1-2H3,(H,19,21)(H,22,23)(H,24,25)/t12?,13-,14?/m0/s1. The fourth-order valence-corrected chi connectivity index (χ4v) is 2.60. The summed E-state index contributed by atoms with van der Waals surface area (Å²) >= 11 is 0. The van der Waals surface area contributed by atoms with Gasteiger partial charge in [0.1, 0.15) is 12.1 Å². The number of aliphatic hydroxyl groups is 1. The van der Waals surface area contributed by atoms with Gasteiger partial charge in [-0.05, 0) is 31.4 Å². The Hall–Kier alpha value is -2.49. The number of methoxy groups -OCH3 is 2. The molecular weight excluding hydrogens is 358 g/mol. The first kappa shape index (κ1) is 22.6. The van der Waals surface area contributed by atoms with Crippen molar-refractivity contribution in [3.8, 4) is 0 Å². The molecule has 0 saturated heterocycles. The average molecular weight is 383 g/mol. The molecule has 0 fully saturated rings. The largest absolute Gasteiger partial charge is 0.481 e. The number of aliphatic hydroxyl groups excluding tert-OH is 1. The van der Waals surface area contributed by atoms with Crippen molar-refractivity contribution < 1.29 is 39.2 Å². The SMILES string of the molecule is COC(OC)C(O)CCC(C[C@H](NC(=O)c1ccccc1)C(=O)O)C(=O)O. The summed E-state index contributed by atoms with van der Waals surface area (Å²) in [6.45, 7) is 0. The summed E-state index contributed by atoms with van der Waals surface area (Å²) in [6.07, 6.45) is -2.27. The lowest BCUT2D eigenvalue weighted by atomic mass is 9.93. The zero-order valence-electron chi connectivity index (χ0n) is 15.2. The van der Waals surface area contributed by atoms with Crippen LogP contribution in [0.4, 0.5) is 0 Å². The van der Waals surface area contributed by atoms with E-state index in [0.717, 1.165) is 0 Å². The van der Waals surface area contributed by atoms with Crippen LogP contribution >= 0.6 is 0 Å². The van der Waals surface area contributed by atoms with E-state index < -0.39 is 42.2 Å². The van der Waals surface area contributed by atoms with E-state index in [4.69, 9.17) is 9.47 Å². The minimum Gasteiger partial charge on any atom is -0.481 e. The Bertz CT molecular complexity index is 617. The third-order valence-corrected chi connectivity index (χ3v) is 4.10. The lowest BCUT2D eigenvalue weighted by molar-refractivity contribution is -0.167. The monoisotopic (exact) mass is 383 g/mol. The van der Waals surface area contributed by atoms with Crippen molar-refractivity contribution in [3.05, 3.63) is 35.9 Å². The summed E-state index contributed by atoms with van der Waals surface area (Å²) in [5, 5.41) is 31.0. The van der Waals surface area contributed by atoms with Crippen LogP contribution in [0.25, 0.3) is 0 Å². The van der Waals surface area contributed by atoms with Gasteiger partial charge in [-0.3, -0.25) is 9.59 Å². The topological polar surface area (TPSA) is 142 Å². The predicted octanol–water partition coefficient (Wildman–Crippen LogP) is 0.720. The first-order valence-corrected chi connectivity index (χ1v) is 8.35. The minimum absolute atomic E-state index is 0.00922. The molecule has 0 spiro atoms. The third kappa shape index (κ3) is 7.33. The van der Waals surface area contributed by atoms with Gasteiger partial charge in [-0.1, -0.05) is 18.2 Å². The second-order valence-corrected chi connectivity index (χ2v) is 5.99. The van der Waals surface area contributed by atoms with Crippen LogP contribution in [0.1, 0.15) is 29.6 Å². The summed E-state index contributed by atoms with van der Waals surface area (Å²) < 4.78 is 9.81. The number of carbonyl (C=O) groups is 3. The number of nitrogens with one attached hydrogen (secondary N) is 1. The number of amides is 1. The van der Waals surface area contributed by atoms with Crippen LogP contribution in [0.3, 0.4) is 0 Å². The van der Waals surface area contributed by atoms with Crippen molar-refractivity contribution in [1.29, 1.82) is 0 Å². The van der Waals surface area contributed by atoms with Crippen LogP contribution in [0.2, 0.25) is 0 Å². The van der Waals surface area contributed by atoms with Crippen LogP contribution in [-0.4, -0.2) is 65.8 Å². The minimum atomic E-state index is -1.38. The molecule has 9 nitrogen and oxygen atoms in total. The van der Waals surface area contributed by atoms with Gasteiger partial charge in [0.2, 0.25) is 0 Å². The van der Waals surface area contributed by atoms with Gasteiger partial charge in [0.05, 0.1) is 5.92 Å². The maximum absolute atomic E-state index is 12.1. The lowest BCUT2D eigenvalue weighted by Gasteiger charge is -2.23. The molecule has 0 aliphatic rings. The Labute approximate surface area is 156 Å². The Morgan fingerprint density at radius 2 is 1.59 bits per heavy atom. The lowest BCUT2D eigenvalue weighted by Crippen LogP contribution is -2.43. The smallest absolute Gasteiger partial charge is 0.326 e. The van der Waals surface area contributed by atoms with Gasteiger partial charge in [-0.15, -0.1) is 0 Å². The normalized spacial score (nSPS) is 14.4. The molecule has 0 radical (unpaired) electrons. The maximum Gasteiger partial charge on any atom is 0.326 e. The number of hydrogen-bond donors (Lipinski definition) is 4. The van der Waals surface area contributed by atoms with Crippen molar-refractivity contribution >= 4 is 17.8 Å². The van der Waals surface area contributed by atoms with Crippen LogP contribution in [-0.2, 0) is 19.1 Å². The molecule has 1 amide bonds. The first-order chi connectivity index (χ1) is 12.8. The van der Waals surface area contributed by atoms with Crippen molar-refractivity contribution in [2.24, 2.45) is 5.92 Å². The Morgan fingerprint density at radius 1 is 1.00 bits per heavy atom. The highest BCUT2D eigenvalue weighted by Gasteiger charge is 2.30. The molecule has 4 N–H and O–H groups in total. The van der Waals surface area contributed by atoms with Crippen molar-refractivity contribution in [2.45, 2.75) is 37.7 Å². The highest BCUT2D eigenvalue weighted by atomic mass is 16.7. The van der Waals surface area contributed by atoms with E-state index in [1.165, 1.54) is 26.4 Å². The molecule has 9 heteroatoms. The zero-order chi connectivity index (χ0) is 20.4. The molecule has 1 aromatic rings. The molecule has 3 atom stereocenters. The Balaban J connectivity index is 2.74. The quantitative estimate of drug-likeness (QED) is 0.387. The number of carboxylic acid groups (broad SMARTS) is 2. The molecule has 0 saturated carbocycles. The fraction of sp³-hybridized carbons (Fsp3) is 0.500. The number of rotatable bonds is 12. The number of carboxylic acids is 2. The number of aliphatic carboxylic acids is 2. The molecule has 1 rings (SSSR count). The van der Waals surface area contributed by atoms with Crippen LogP contribution in [0.15, 0.2) is 30.3 Å². The number of carbonyl (C=O) groups excluding carboxylic acids is 1. The van der Waals surface area contributed by atoms with E-state index in [1.807, 2.05) is 0 Å². The van der Waals surface area contributed by atoms with Crippen LogP contribution < -0.4 is 5.32 Å². The van der Waals surface area contributed by atoms with Gasteiger partial charge in [0.25, 0.3) is 5.91 Å². The third-order valence-electron chi connectivity index (χ3n) is 4.10. The second kappa shape index (κ2) is 11.3. The Morgan fingerprint density at radius 3 is 2.07 bits per heavy atom. The van der Waals surface area contributed by atoms with E-state index in [-0.39, 0.29) is 24.8 Å². The molecule has 0 aliphatic heterocycles. The summed E-state index contributed by atoms with van der Waals surface area (Å²) in [5.74, 6) is -4.23. The zero-order valence-corrected chi connectivity index (χ0v) is 15.2. The second-order valence-electron chi connectivity index (χ2n) is 5.99. The van der Waals surface area contributed by atoms with Gasteiger partial charge < -0.3 is 30.1 Å². The Kier molecular flexibility index (Phi) is 9.41. The van der Waals surface area contributed by atoms with Crippen LogP contribution in [0.5, 0.6) is 0 Å². The highest BCUT2D eigenvalue weighted by Crippen LogP contribution is 2.18. The molecular formula is C18H25NO8. The first-order valence-electron chi connectivity index (χ1n) is 8.35. The molecule has 0 heterocycles. The van der Waals surface area contributed by atoms with Gasteiger partial charge in [0, 0.05) is 19.8 Å². The number of benzene rings is 1. The highest BCUT2D eigenvalue weighted by molar-refractivity contribution is 5.96. The van der Waals surface area contributed by atoms with Crippen LogP contribution in [0, 0.1) is 5.92 Å². The molecule has 2 unspecified atom stereocenters. The average Bonchev–Trinajstić information content (AvgIpc) is 2.65. The van der Waals surface area contributed by atoms with E-state index in [9.17, 15) is 29.7 Å². The summed E-state index contributed by atoms with van der Waals surface area (Å²) in [6, 6.07) is 6.65. The molecule has 1 aromatic carbocycles. The summed E-state index contributed by atoms with van der Waals surface area (Å²) in [4.78, 5) is 35.1. The van der Waals surface area contributed by atoms with E-state index >= 15 is 0 Å². The van der Waals surface area contributed by atoms with E-state index in [2.05, 4.69) is 5.32 Å². The molecule has 27 heavy (non-hydrogen) atoms.